The number of nitro benzene ring substituents is 1. The molecule has 1 aromatic rings. The zero-order valence-electron chi connectivity index (χ0n) is 11.5. The summed E-state index contributed by atoms with van der Waals surface area (Å²) >= 11 is 3.18. The second-order valence-corrected chi connectivity index (χ2v) is 5.63. The lowest BCUT2D eigenvalue weighted by atomic mass is 10.0. The van der Waals surface area contributed by atoms with Gasteiger partial charge in [0.1, 0.15) is 5.69 Å². The minimum absolute atomic E-state index is 0.0653. The van der Waals surface area contributed by atoms with Crippen LogP contribution in [0.15, 0.2) is 22.7 Å². The van der Waals surface area contributed by atoms with Gasteiger partial charge >= 0.3 is 0 Å². The average molecular weight is 358 g/mol. The Morgan fingerprint density at radius 2 is 2.29 bits per heavy atom. The summed E-state index contributed by atoms with van der Waals surface area (Å²) in [6, 6.07) is 4.46. The molecule has 1 saturated heterocycles. The van der Waals surface area contributed by atoms with Crippen LogP contribution in [0.2, 0.25) is 0 Å². The third-order valence-corrected chi connectivity index (χ3v) is 3.79. The number of benzene rings is 1. The van der Waals surface area contributed by atoms with Crippen molar-refractivity contribution in [2.24, 2.45) is 5.92 Å². The topological polar surface area (TPSA) is 93.5 Å². The average Bonchev–Trinajstić information content (AvgIpc) is 2.89. The van der Waals surface area contributed by atoms with Crippen molar-refractivity contribution in [2.45, 2.75) is 13.0 Å². The van der Waals surface area contributed by atoms with E-state index < -0.39 is 4.92 Å². The summed E-state index contributed by atoms with van der Waals surface area (Å²) in [6.07, 6.45) is 0. The number of halogens is 1. The number of nitrogens with zero attached hydrogens (tertiary/aromatic N) is 1. The van der Waals surface area contributed by atoms with E-state index in [1.807, 2.05) is 6.92 Å². The number of ether oxygens (including phenoxy) is 1. The molecule has 2 unspecified atom stereocenters. The van der Waals surface area contributed by atoms with Crippen molar-refractivity contribution >= 4 is 33.2 Å². The van der Waals surface area contributed by atoms with Crippen molar-refractivity contribution in [3.8, 4) is 0 Å². The van der Waals surface area contributed by atoms with Gasteiger partial charge in [0.25, 0.3) is 5.69 Å². The van der Waals surface area contributed by atoms with Crippen molar-refractivity contribution in [3.05, 3.63) is 32.8 Å². The standard InChI is InChI=1S/C13H16BrN3O4/c1-2-15-11-7-21-6-9(11)13(18)16-10-4-3-8(14)5-12(10)17(19)20/h3-5,9,11,15H,2,6-7H2,1H3,(H,16,18). The van der Waals surface area contributed by atoms with Crippen LogP contribution in [0, 0.1) is 16.0 Å². The number of carbonyl (C=O) groups excluding carboxylic acids is 1. The van der Waals surface area contributed by atoms with Gasteiger partial charge < -0.3 is 15.4 Å². The summed E-state index contributed by atoms with van der Waals surface area (Å²) in [5, 5.41) is 16.8. The number of hydrogen-bond acceptors (Lipinski definition) is 5. The molecule has 1 amide bonds. The Hall–Kier alpha value is -1.51. The van der Waals surface area contributed by atoms with Crippen molar-refractivity contribution in [2.75, 3.05) is 25.1 Å². The second-order valence-electron chi connectivity index (χ2n) is 4.72. The van der Waals surface area contributed by atoms with Crippen molar-refractivity contribution < 1.29 is 14.5 Å². The normalized spacial score (nSPS) is 21.2. The highest BCUT2D eigenvalue weighted by Crippen LogP contribution is 2.29. The first-order valence-corrected chi connectivity index (χ1v) is 7.38. The highest BCUT2D eigenvalue weighted by atomic mass is 79.9. The van der Waals surface area contributed by atoms with E-state index in [-0.39, 0.29) is 29.2 Å². The predicted octanol–water partition coefficient (Wildman–Crippen LogP) is 1.92. The fourth-order valence-corrected chi connectivity index (χ4v) is 2.61. The van der Waals surface area contributed by atoms with Crippen molar-refractivity contribution in [1.82, 2.24) is 5.32 Å². The molecule has 114 valence electrons. The van der Waals surface area contributed by atoms with Gasteiger partial charge in [0.05, 0.1) is 24.1 Å². The minimum Gasteiger partial charge on any atom is -0.379 e. The highest BCUT2D eigenvalue weighted by Gasteiger charge is 2.34. The van der Waals surface area contributed by atoms with Gasteiger partial charge in [-0.1, -0.05) is 22.9 Å². The van der Waals surface area contributed by atoms with Crippen LogP contribution in [0.25, 0.3) is 0 Å². The van der Waals surface area contributed by atoms with Crippen LogP contribution in [-0.2, 0) is 9.53 Å². The number of anilines is 1. The Balaban J connectivity index is 2.14. The molecule has 2 N–H and O–H groups in total. The number of nitrogens with one attached hydrogen (secondary N) is 2. The predicted molar refractivity (Wildman–Crippen MR) is 81.2 cm³/mol. The monoisotopic (exact) mass is 357 g/mol. The highest BCUT2D eigenvalue weighted by molar-refractivity contribution is 9.10. The first-order valence-electron chi connectivity index (χ1n) is 6.59. The Morgan fingerprint density at radius 1 is 1.52 bits per heavy atom. The summed E-state index contributed by atoms with van der Waals surface area (Å²) in [6.45, 7) is 3.46. The molecule has 2 rings (SSSR count). The van der Waals surface area contributed by atoms with Gasteiger partial charge in [-0.25, -0.2) is 0 Å². The zero-order valence-corrected chi connectivity index (χ0v) is 13.1. The molecule has 8 heteroatoms. The largest absolute Gasteiger partial charge is 0.379 e. The molecule has 2 atom stereocenters. The molecule has 0 bridgehead atoms. The Labute approximate surface area is 130 Å². The molecular weight excluding hydrogens is 342 g/mol. The smallest absolute Gasteiger partial charge is 0.293 e. The number of amides is 1. The van der Waals surface area contributed by atoms with Gasteiger partial charge in [-0.2, -0.15) is 0 Å². The lowest BCUT2D eigenvalue weighted by Gasteiger charge is -2.17. The van der Waals surface area contributed by atoms with Crippen LogP contribution >= 0.6 is 15.9 Å². The summed E-state index contributed by atoms with van der Waals surface area (Å²) in [7, 11) is 0. The fourth-order valence-electron chi connectivity index (χ4n) is 2.26. The van der Waals surface area contributed by atoms with Crippen LogP contribution in [0.1, 0.15) is 6.92 Å². The van der Waals surface area contributed by atoms with E-state index in [1.54, 1.807) is 6.07 Å². The van der Waals surface area contributed by atoms with E-state index in [9.17, 15) is 14.9 Å². The van der Waals surface area contributed by atoms with Gasteiger partial charge in [0, 0.05) is 16.6 Å². The quantitative estimate of drug-likeness (QED) is 0.620. The first-order chi connectivity index (χ1) is 10.0. The van der Waals surface area contributed by atoms with Gasteiger partial charge in [0.2, 0.25) is 5.91 Å². The zero-order chi connectivity index (χ0) is 15.4. The van der Waals surface area contributed by atoms with Crippen molar-refractivity contribution in [3.63, 3.8) is 0 Å². The van der Waals surface area contributed by atoms with E-state index in [4.69, 9.17) is 4.74 Å². The molecule has 1 aromatic carbocycles. The molecule has 7 nitrogen and oxygen atoms in total. The summed E-state index contributed by atoms with van der Waals surface area (Å²) < 4.78 is 5.90. The Kier molecular flexibility index (Phi) is 5.27. The lowest BCUT2D eigenvalue weighted by molar-refractivity contribution is -0.384. The number of likely N-dealkylation sites (N-methyl/N-ethyl adjacent to an activating group) is 1. The second kappa shape index (κ2) is 6.97. The first kappa shape index (κ1) is 15.9. The third kappa shape index (κ3) is 3.78. The van der Waals surface area contributed by atoms with Gasteiger partial charge in [0.15, 0.2) is 0 Å². The van der Waals surface area contributed by atoms with E-state index in [0.29, 0.717) is 17.7 Å². The van der Waals surface area contributed by atoms with Crippen LogP contribution < -0.4 is 10.6 Å². The van der Waals surface area contributed by atoms with Crippen LogP contribution in [0.5, 0.6) is 0 Å². The lowest BCUT2D eigenvalue weighted by Crippen LogP contribution is -2.41. The molecule has 1 aliphatic heterocycles. The number of carbonyl (C=O) groups is 1. The van der Waals surface area contributed by atoms with Gasteiger partial charge in [-0.15, -0.1) is 0 Å². The molecule has 0 spiro atoms. The Bertz CT molecular complexity index is 552. The van der Waals surface area contributed by atoms with Gasteiger partial charge in [-0.3, -0.25) is 14.9 Å². The van der Waals surface area contributed by atoms with E-state index in [1.165, 1.54) is 12.1 Å². The maximum Gasteiger partial charge on any atom is 0.293 e. The van der Waals surface area contributed by atoms with Crippen LogP contribution in [0.4, 0.5) is 11.4 Å². The minimum atomic E-state index is -0.521. The molecule has 0 radical (unpaired) electrons. The van der Waals surface area contributed by atoms with Crippen LogP contribution in [-0.4, -0.2) is 36.6 Å². The van der Waals surface area contributed by atoms with Gasteiger partial charge in [-0.05, 0) is 18.7 Å². The maximum atomic E-state index is 12.3. The molecule has 0 aromatic heterocycles. The van der Waals surface area contributed by atoms with Crippen molar-refractivity contribution in [1.29, 1.82) is 0 Å². The van der Waals surface area contributed by atoms with E-state index >= 15 is 0 Å². The number of rotatable bonds is 5. The molecule has 21 heavy (non-hydrogen) atoms. The SMILES string of the molecule is CCNC1COCC1C(=O)Nc1ccc(Br)cc1[N+](=O)[O-]. The molecule has 1 fully saturated rings. The third-order valence-electron chi connectivity index (χ3n) is 3.30. The number of nitro groups is 1. The van der Waals surface area contributed by atoms with E-state index in [2.05, 4.69) is 26.6 Å². The fraction of sp³-hybridized carbons (Fsp3) is 0.462. The molecule has 1 heterocycles. The molecular formula is C13H16BrN3O4. The summed E-state index contributed by atoms with van der Waals surface area (Å²) in [5.74, 6) is -0.628. The molecule has 1 aliphatic rings. The summed E-state index contributed by atoms with van der Waals surface area (Å²) in [5.41, 5.74) is 0.0481. The Morgan fingerprint density at radius 3 is 2.95 bits per heavy atom. The molecule has 0 saturated carbocycles. The van der Waals surface area contributed by atoms with Crippen LogP contribution in [0.3, 0.4) is 0 Å². The maximum absolute atomic E-state index is 12.3. The van der Waals surface area contributed by atoms with E-state index in [0.717, 1.165) is 6.54 Å². The number of hydrogen-bond donors (Lipinski definition) is 2. The molecule has 0 aliphatic carbocycles. The summed E-state index contributed by atoms with van der Waals surface area (Å²) in [4.78, 5) is 22.8.